The van der Waals surface area contributed by atoms with Gasteiger partial charge < -0.3 is 9.47 Å². The number of benzene rings is 11. The number of fused-ring (bicyclic) bond motifs is 14. The third kappa shape index (κ3) is 5.43. The molecule has 17 rings (SSSR count). The van der Waals surface area contributed by atoms with Crippen LogP contribution in [0.15, 0.2) is 231 Å². The Labute approximate surface area is 439 Å². The second-order valence-electron chi connectivity index (χ2n) is 21.8. The normalized spacial score (nSPS) is 15.3. The quantitative estimate of drug-likeness (QED) is 0.167. The average Bonchev–Trinajstić information content (AvgIpc) is 4.19. The molecule has 0 unspecified atom stereocenters. The molecule has 11 aromatic carbocycles. The van der Waals surface area contributed by atoms with Gasteiger partial charge in [-0.15, -0.1) is 11.3 Å². The summed E-state index contributed by atoms with van der Waals surface area (Å²) in [6.07, 6.45) is 7.05. The number of hydrogen-bond donors (Lipinski definition) is 0. The van der Waals surface area contributed by atoms with E-state index in [1.165, 1.54) is 142 Å². The van der Waals surface area contributed by atoms with Crippen molar-refractivity contribution in [3.8, 4) is 22.3 Å². The van der Waals surface area contributed by atoms with E-state index in [4.69, 9.17) is 0 Å². The molecule has 0 fully saturated rings. The monoisotopic (exact) mass is 972 g/mol. The molecule has 3 aliphatic carbocycles. The van der Waals surface area contributed by atoms with Crippen LogP contribution in [0.25, 0.3) is 97.0 Å². The molecule has 75 heavy (non-hydrogen) atoms. The molecule has 2 aromatic heterocycles. The number of aromatic nitrogens is 1. The first-order valence-electron chi connectivity index (χ1n) is 26.6. The van der Waals surface area contributed by atoms with Crippen molar-refractivity contribution in [2.45, 2.75) is 37.5 Å². The zero-order valence-corrected chi connectivity index (χ0v) is 42.5. The van der Waals surface area contributed by atoms with E-state index in [1.807, 2.05) is 11.3 Å². The van der Waals surface area contributed by atoms with Gasteiger partial charge in [-0.2, -0.15) is 0 Å². The fourth-order valence-electron chi connectivity index (χ4n) is 14.5. The maximum absolute atomic E-state index is 2.65. The van der Waals surface area contributed by atoms with Crippen LogP contribution in [0.2, 0.25) is 0 Å². The van der Waals surface area contributed by atoms with Crippen LogP contribution >= 0.6 is 11.3 Å². The highest BCUT2D eigenvalue weighted by atomic mass is 32.1. The molecule has 352 valence electrons. The Morgan fingerprint density at radius 3 is 1.87 bits per heavy atom. The summed E-state index contributed by atoms with van der Waals surface area (Å²) < 4.78 is 5.27. The highest BCUT2D eigenvalue weighted by molar-refractivity contribution is 7.25. The predicted molar refractivity (Wildman–Crippen MR) is 318 cm³/mol. The SMILES string of the molecule is CC1(C)c2ccccc2-c2ccc(N(c3ccc4sc5ccccc5c4c3)c3ccc4c5c3C3=CCCC=C3n3c6ccccc6c6ccc(c-5c63)C4(c3ccc4ccccc4c3)c3ccc4ccccc4c3)cc21. The standard InChI is InChI=1S/C72H48N2S/c1-71(2)58-23-11-7-19-51(58)52-33-31-50(42-61(52)71)73(49-32-38-66-57(41-49)54-21-10-14-26-65(54)75-66)64-37-36-59-68-67(64)56-22-9-13-25-63(56)74-62-24-12-8-20-53(62)55-34-35-60(69(68)70(55)74)72(59,47-29-27-43-15-3-5-17-45(43)39-47)48-30-28-44-16-4-6-18-46(44)40-48/h3-8,10-12,14-42H,9,13H2,1-2H3. The van der Waals surface area contributed by atoms with Crippen LogP contribution in [0.1, 0.15) is 65.6 Å². The molecule has 2 nitrogen and oxygen atoms in total. The molecule has 3 heteroatoms. The molecule has 4 aliphatic rings. The number of anilines is 3. The summed E-state index contributed by atoms with van der Waals surface area (Å²) in [4.78, 5) is 2.62. The van der Waals surface area contributed by atoms with E-state index in [0.717, 1.165) is 24.2 Å². The number of hydrogen-bond acceptors (Lipinski definition) is 2. The summed E-state index contributed by atoms with van der Waals surface area (Å²) in [6.45, 7) is 4.81. The highest BCUT2D eigenvalue weighted by Crippen LogP contribution is 2.65. The van der Waals surface area contributed by atoms with Gasteiger partial charge in [0.2, 0.25) is 0 Å². The minimum absolute atomic E-state index is 0.180. The van der Waals surface area contributed by atoms with Crippen LogP contribution in [0.3, 0.4) is 0 Å². The lowest BCUT2D eigenvalue weighted by Gasteiger charge is -2.36. The fourth-order valence-corrected chi connectivity index (χ4v) is 15.6. The first-order valence-corrected chi connectivity index (χ1v) is 27.4. The largest absolute Gasteiger partial charge is 0.310 e. The number of thiophene rings is 1. The summed E-state index contributed by atoms with van der Waals surface area (Å²) >= 11 is 1.88. The van der Waals surface area contributed by atoms with Gasteiger partial charge in [0.25, 0.3) is 0 Å². The van der Waals surface area contributed by atoms with Gasteiger partial charge in [-0.25, -0.2) is 0 Å². The molecule has 0 radical (unpaired) electrons. The van der Waals surface area contributed by atoms with Gasteiger partial charge in [0.1, 0.15) is 0 Å². The maximum atomic E-state index is 2.65. The highest BCUT2D eigenvalue weighted by Gasteiger charge is 2.51. The minimum atomic E-state index is -0.666. The number of rotatable bonds is 5. The first kappa shape index (κ1) is 41.7. The van der Waals surface area contributed by atoms with Gasteiger partial charge in [-0.05, 0) is 145 Å². The summed E-state index contributed by atoms with van der Waals surface area (Å²) in [5.74, 6) is 0. The van der Waals surface area contributed by atoms with Gasteiger partial charge in [-0.3, -0.25) is 0 Å². The van der Waals surface area contributed by atoms with Crippen LogP contribution in [0, 0.1) is 0 Å². The van der Waals surface area contributed by atoms with Crippen LogP contribution in [-0.2, 0) is 10.8 Å². The Hall–Kier alpha value is -8.76. The summed E-state index contributed by atoms with van der Waals surface area (Å²) in [5.41, 5.74) is 22.3. The zero-order valence-electron chi connectivity index (χ0n) is 41.7. The van der Waals surface area contributed by atoms with Crippen LogP contribution < -0.4 is 4.90 Å². The van der Waals surface area contributed by atoms with Crippen LogP contribution in [-0.4, -0.2) is 4.57 Å². The van der Waals surface area contributed by atoms with E-state index in [1.54, 1.807) is 0 Å². The number of nitrogens with zero attached hydrogens (tertiary/aromatic N) is 2. The number of para-hydroxylation sites is 1. The molecule has 1 aliphatic heterocycles. The van der Waals surface area contributed by atoms with Crippen molar-refractivity contribution in [1.82, 2.24) is 4.57 Å². The van der Waals surface area contributed by atoms with E-state index in [0.29, 0.717) is 0 Å². The van der Waals surface area contributed by atoms with Crippen molar-refractivity contribution in [3.63, 3.8) is 0 Å². The minimum Gasteiger partial charge on any atom is -0.310 e. The molecular weight excluding hydrogens is 925 g/mol. The van der Waals surface area contributed by atoms with Gasteiger partial charge in [0, 0.05) is 70.1 Å². The van der Waals surface area contributed by atoms with Gasteiger partial charge in [0.05, 0.1) is 22.1 Å². The predicted octanol–water partition coefficient (Wildman–Crippen LogP) is 19.6. The van der Waals surface area contributed by atoms with Gasteiger partial charge in [0.15, 0.2) is 0 Å². The summed E-state index contributed by atoms with van der Waals surface area (Å²) in [6, 6.07) is 83.9. The molecule has 0 spiro atoms. The van der Waals surface area contributed by atoms with Crippen molar-refractivity contribution >= 4 is 103 Å². The van der Waals surface area contributed by atoms with Crippen molar-refractivity contribution in [2.24, 2.45) is 0 Å². The van der Waals surface area contributed by atoms with Gasteiger partial charge >= 0.3 is 0 Å². The molecule has 0 saturated carbocycles. The summed E-state index contributed by atoms with van der Waals surface area (Å²) in [7, 11) is 0. The Kier molecular flexibility index (Phi) is 8.30. The third-order valence-corrected chi connectivity index (χ3v) is 18.9. The van der Waals surface area contributed by atoms with Crippen molar-refractivity contribution < 1.29 is 0 Å². The molecule has 0 saturated heterocycles. The Bertz CT molecular complexity index is 4680. The van der Waals surface area contributed by atoms with Gasteiger partial charge in [-0.1, -0.05) is 184 Å². The molecular formula is C72H48N2S. The van der Waals surface area contributed by atoms with Crippen molar-refractivity contribution in [3.05, 3.63) is 269 Å². The maximum Gasteiger partial charge on any atom is 0.0715 e. The lowest BCUT2D eigenvalue weighted by molar-refractivity contribution is 0.660. The second kappa shape index (κ2) is 14.9. The second-order valence-corrected chi connectivity index (χ2v) is 22.9. The molecule has 0 bridgehead atoms. The zero-order chi connectivity index (χ0) is 49.3. The average molecular weight is 973 g/mol. The van der Waals surface area contributed by atoms with E-state index < -0.39 is 5.41 Å². The van der Waals surface area contributed by atoms with Crippen molar-refractivity contribution in [2.75, 3.05) is 4.90 Å². The topological polar surface area (TPSA) is 8.17 Å². The Balaban J connectivity index is 1.04. The summed E-state index contributed by atoms with van der Waals surface area (Å²) in [5, 5.41) is 10.1. The fraction of sp³-hybridized carbons (Fsp3) is 0.0833. The van der Waals surface area contributed by atoms with E-state index in [-0.39, 0.29) is 5.41 Å². The third-order valence-electron chi connectivity index (χ3n) is 17.8. The van der Waals surface area contributed by atoms with Crippen LogP contribution in [0.4, 0.5) is 17.1 Å². The van der Waals surface area contributed by atoms with E-state index >= 15 is 0 Å². The smallest absolute Gasteiger partial charge is 0.0715 e. The molecule has 3 heterocycles. The molecule has 0 N–H and O–H groups in total. The Morgan fingerprint density at radius 1 is 0.427 bits per heavy atom. The first-order chi connectivity index (χ1) is 36.9. The molecule has 0 atom stereocenters. The molecule has 13 aromatic rings. The Morgan fingerprint density at radius 2 is 1.05 bits per heavy atom. The lowest BCUT2D eigenvalue weighted by atomic mass is 9.66. The van der Waals surface area contributed by atoms with Crippen molar-refractivity contribution in [1.29, 1.82) is 0 Å². The number of allylic oxidation sites excluding steroid dienone is 4. The van der Waals surface area contributed by atoms with Crippen LogP contribution in [0.5, 0.6) is 0 Å². The lowest BCUT2D eigenvalue weighted by Crippen LogP contribution is -2.29. The molecule has 0 amide bonds. The van der Waals surface area contributed by atoms with E-state index in [2.05, 4.69) is 254 Å². The van der Waals surface area contributed by atoms with E-state index in [9.17, 15) is 0 Å².